The maximum Gasteiger partial charge on any atom is 0.180 e. The van der Waals surface area contributed by atoms with Gasteiger partial charge in [0.15, 0.2) is 5.75 Å². The summed E-state index contributed by atoms with van der Waals surface area (Å²) in [6, 6.07) is 6.14. The van der Waals surface area contributed by atoms with Crippen molar-refractivity contribution in [1.29, 1.82) is 0 Å². The zero-order valence-corrected chi connectivity index (χ0v) is 4.85. The molecule has 0 unspecified atom stereocenters. The molecule has 0 aliphatic carbocycles. The molecule has 2 heteroatoms. The molecule has 0 saturated carbocycles. The van der Waals surface area contributed by atoms with Crippen molar-refractivity contribution in [2.24, 2.45) is 0 Å². The molecule has 0 bridgehead atoms. The van der Waals surface area contributed by atoms with Crippen LogP contribution in [0.4, 0.5) is 0 Å². The molecule has 8 heavy (non-hydrogen) atoms. The Hall–Kier alpha value is -0.690. The van der Waals surface area contributed by atoms with E-state index < -0.39 is 0 Å². The van der Waals surface area contributed by atoms with Crippen LogP contribution in [0, 0.1) is 0 Å². The maximum atomic E-state index is 10.4. The second kappa shape index (κ2) is 2.05. The Morgan fingerprint density at radius 1 is 1.38 bits per heavy atom. The quantitative estimate of drug-likeness (QED) is 0.510. The van der Waals surface area contributed by atoms with E-state index in [2.05, 4.69) is 0 Å². The minimum Gasteiger partial charge on any atom is -0.290 e. The van der Waals surface area contributed by atoms with Gasteiger partial charge in [-0.3, -0.25) is 5.11 Å². The molecule has 0 saturated heterocycles. The summed E-state index contributed by atoms with van der Waals surface area (Å²) in [6.07, 6.45) is 0. The maximum absolute atomic E-state index is 10.4. The molecule has 0 aliphatic heterocycles. The van der Waals surface area contributed by atoms with Gasteiger partial charge in [0.25, 0.3) is 0 Å². The van der Waals surface area contributed by atoms with Crippen LogP contribution < -0.4 is 0 Å². The lowest BCUT2D eigenvalue weighted by molar-refractivity contribution is 0.355. The Morgan fingerprint density at radius 2 is 2.12 bits per heavy atom. The van der Waals surface area contributed by atoms with Gasteiger partial charge >= 0.3 is 0 Å². The van der Waals surface area contributed by atoms with Gasteiger partial charge in [-0.1, -0.05) is 17.7 Å². The summed E-state index contributed by atoms with van der Waals surface area (Å²) in [6.45, 7) is 0. The minimum absolute atomic E-state index is 0.0440. The molecule has 1 radical (unpaired) electrons. The largest absolute Gasteiger partial charge is 0.290 e. The van der Waals surface area contributed by atoms with Gasteiger partial charge < -0.3 is 0 Å². The average Bonchev–Trinajstić information content (AvgIpc) is 1.64. The van der Waals surface area contributed by atoms with Crippen LogP contribution in [0.2, 0.25) is 5.02 Å². The Bertz CT molecular complexity index is 168. The summed E-state index contributed by atoms with van der Waals surface area (Å²) < 4.78 is 0. The van der Waals surface area contributed by atoms with Gasteiger partial charge in [0.2, 0.25) is 0 Å². The number of halogens is 1. The van der Waals surface area contributed by atoms with E-state index in [9.17, 15) is 5.11 Å². The molecule has 41 valence electrons. The zero-order valence-electron chi connectivity index (χ0n) is 4.10. The van der Waals surface area contributed by atoms with Crippen LogP contribution in [0.25, 0.3) is 0 Å². The second-order valence-electron chi connectivity index (χ2n) is 1.46. The first-order chi connectivity index (χ1) is 3.79. The molecule has 1 rings (SSSR count). The van der Waals surface area contributed by atoms with Gasteiger partial charge in [-0.15, -0.1) is 0 Å². The van der Waals surface area contributed by atoms with Crippen molar-refractivity contribution in [3.63, 3.8) is 0 Å². The Balaban J connectivity index is 3.08. The molecule has 1 aromatic rings. The van der Waals surface area contributed by atoms with E-state index in [-0.39, 0.29) is 5.75 Å². The third kappa shape index (κ3) is 1.14. The van der Waals surface area contributed by atoms with Gasteiger partial charge in [0.1, 0.15) is 0 Å². The highest BCUT2D eigenvalue weighted by molar-refractivity contribution is 6.30. The van der Waals surface area contributed by atoms with Crippen LogP contribution in [0.3, 0.4) is 0 Å². The number of hydrogen-bond donors (Lipinski definition) is 0. The number of rotatable bonds is 0. The van der Waals surface area contributed by atoms with Crippen molar-refractivity contribution in [2.75, 3.05) is 0 Å². The van der Waals surface area contributed by atoms with Gasteiger partial charge in [-0.2, -0.15) is 0 Å². The number of hydrogen-bond acceptors (Lipinski definition) is 0. The summed E-state index contributed by atoms with van der Waals surface area (Å²) in [5.41, 5.74) is 0. The van der Waals surface area contributed by atoms with Crippen LogP contribution in [-0.2, 0) is 5.11 Å². The summed E-state index contributed by atoms with van der Waals surface area (Å²) >= 11 is 5.44. The van der Waals surface area contributed by atoms with Crippen molar-refractivity contribution < 1.29 is 5.11 Å². The predicted molar refractivity (Wildman–Crippen MR) is 31.6 cm³/mol. The predicted octanol–water partition coefficient (Wildman–Crippen LogP) is 2.48. The van der Waals surface area contributed by atoms with E-state index in [1.54, 1.807) is 12.1 Å². The van der Waals surface area contributed by atoms with Crippen LogP contribution in [0.1, 0.15) is 0 Å². The highest BCUT2D eigenvalue weighted by atomic mass is 35.5. The van der Waals surface area contributed by atoms with E-state index in [0.29, 0.717) is 5.02 Å². The van der Waals surface area contributed by atoms with Crippen molar-refractivity contribution >= 4 is 11.6 Å². The smallest absolute Gasteiger partial charge is 0.180 e. The monoisotopic (exact) mass is 127 g/mol. The van der Waals surface area contributed by atoms with Crippen LogP contribution >= 0.6 is 11.6 Å². The fourth-order valence-corrected chi connectivity index (χ4v) is 0.647. The molecule has 0 spiro atoms. The average molecular weight is 128 g/mol. The van der Waals surface area contributed by atoms with Crippen molar-refractivity contribution in [2.45, 2.75) is 0 Å². The van der Waals surface area contributed by atoms with Gasteiger partial charge in [0.05, 0.1) is 0 Å². The molecule has 1 aromatic carbocycles. The highest BCUT2D eigenvalue weighted by Gasteiger charge is 1.87. The topological polar surface area (TPSA) is 19.9 Å². The lowest BCUT2D eigenvalue weighted by Crippen LogP contribution is -1.59. The van der Waals surface area contributed by atoms with Crippen molar-refractivity contribution in [1.82, 2.24) is 0 Å². The van der Waals surface area contributed by atoms with Gasteiger partial charge in [-0.05, 0) is 12.1 Å². The number of benzene rings is 1. The van der Waals surface area contributed by atoms with Crippen LogP contribution in [0.15, 0.2) is 24.3 Å². The molecular weight excluding hydrogens is 124 g/mol. The van der Waals surface area contributed by atoms with Crippen LogP contribution in [-0.4, -0.2) is 0 Å². The van der Waals surface area contributed by atoms with Crippen molar-refractivity contribution in [3.8, 4) is 5.75 Å². The molecule has 0 fully saturated rings. The van der Waals surface area contributed by atoms with E-state index in [0.717, 1.165) is 0 Å². The molecular formula is C6H4ClO. The molecule has 0 atom stereocenters. The summed E-state index contributed by atoms with van der Waals surface area (Å²) in [7, 11) is 0. The Labute approximate surface area is 52.5 Å². The standard InChI is InChI=1S/C6H4ClO/c7-5-2-1-3-6(8)4-5/h1-4H. The second-order valence-corrected chi connectivity index (χ2v) is 1.89. The molecule has 0 heterocycles. The minimum atomic E-state index is -0.0440. The summed E-state index contributed by atoms with van der Waals surface area (Å²) in [5.74, 6) is -0.0440. The molecule has 0 aliphatic rings. The molecule has 0 aromatic heterocycles. The zero-order chi connectivity index (χ0) is 5.98. The first-order valence-corrected chi connectivity index (χ1v) is 2.59. The Kier molecular flexibility index (Phi) is 1.40. The van der Waals surface area contributed by atoms with E-state index >= 15 is 0 Å². The summed E-state index contributed by atoms with van der Waals surface area (Å²) in [5, 5.41) is 10.9. The van der Waals surface area contributed by atoms with Gasteiger partial charge in [-0.25, -0.2) is 0 Å². The van der Waals surface area contributed by atoms with Crippen LogP contribution in [0.5, 0.6) is 5.75 Å². The Morgan fingerprint density at radius 3 is 2.50 bits per heavy atom. The molecule has 0 amide bonds. The third-order valence-corrected chi connectivity index (χ3v) is 1.03. The first-order valence-electron chi connectivity index (χ1n) is 2.21. The van der Waals surface area contributed by atoms with Gasteiger partial charge in [0, 0.05) is 11.1 Å². The first kappa shape index (κ1) is 5.45. The third-order valence-electron chi connectivity index (χ3n) is 0.796. The lowest BCUT2D eigenvalue weighted by Gasteiger charge is -1.84. The lowest BCUT2D eigenvalue weighted by atomic mass is 10.3. The highest BCUT2D eigenvalue weighted by Crippen LogP contribution is 2.15. The van der Waals surface area contributed by atoms with E-state index in [4.69, 9.17) is 11.6 Å². The molecule has 1 nitrogen and oxygen atoms in total. The fraction of sp³-hybridized carbons (Fsp3) is 0. The molecule has 0 N–H and O–H groups in total. The fourth-order valence-electron chi connectivity index (χ4n) is 0.467. The van der Waals surface area contributed by atoms with E-state index in [1.807, 2.05) is 0 Å². The van der Waals surface area contributed by atoms with E-state index in [1.165, 1.54) is 12.1 Å². The normalized spacial score (nSPS) is 9.12. The van der Waals surface area contributed by atoms with Crippen molar-refractivity contribution in [3.05, 3.63) is 29.3 Å². The SMILES string of the molecule is [O]c1cccc(Cl)c1. The summed E-state index contributed by atoms with van der Waals surface area (Å²) in [4.78, 5) is 0.